The zero-order valence-electron chi connectivity index (χ0n) is 6.81. The number of carbonyl (C=O) groups is 1. The van der Waals surface area contributed by atoms with Crippen molar-refractivity contribution in [2.24, 2.45) is 5.92 Å². The van der Waals surface area contributed by atoms with Crippen LogP contribution in [0.1, 0.15) is 26.7 Å². The third-order valence-electron chi connectivity index (χ3n) is 1.09. The van der Waals surface area contributed by atoms with Gasteiger partial charge in [0.1, 0.15) is 0 Å². The highest BCUT2D eigenvalue weighted by atomic mass is 16.1. The number of hydrogen-bond acceptors (Lipinski definition) is 1. The van der Waals surface area contributed by atoms with Gasteiger partial charge in [0.15, 0.2) is 0 Å². The Kier molecular flexibility index (Phi) is 4.99. The molecule has 0 unspecified atom stereocenters. The zero-order valence-corrected chi connectivity index (χ0v) is 6.81. The van der Waals surface area contributed by atoms with Crippen LogP contribution in [0.25, 0.3) is 0 Å². The van der Waals surface area contributed by atoms with E-state index in [1.807, 2.05) is 13.8 Å². The summed E-state index contributed by atoms with van der Waals surface area (Å²) in [6, 6.07) is 0. The van der Waals surface area contributed by atoms with Crippen molar-refractivity contribution in [1.82, 2.24) is 5.32 Å². The second-order valence-electron chi connectivity index (χ2n) is 2.80. The smallest absolute Gasteiger partial charge is 0.220 e. The second kappa shape index (κ2) is 5.27. The van der Waals surface area contributed by atoms with Gasteiger partial charge in [-0.25, -0.2) is 0 Å². The lowest BCUT2D eigenvalue weighted by atomic mass is 10.1. The molecule has 0 aliphatic carbocycles. The molecule has 2 heteroatoms. The Hall–Kier alpha value is -0.530. The van der Waals surface area contributed by atoms with E-state index in [-0.39, 0.29) is 5.91 Å². The molecular formula is C8H16NO. The van der Waals surface area contributed by atoms with Crippen molar-refractivity contribution in [1.29, 1.82) is 0 Å². The number of nitrogens with one attached hydrogen (secondary N) is 1. The molecule has 0 aliphatic rings. The van der Waals surface area contributed by atoms with E-state index in [4.69, 9.17) is 0 Å². The number of carbonyl (C=O) groups excluding carboxylic acids is 1. The van der Waals surface area contributed by atoms with E-state index in [9.17, 15) is 4.79 Å². The normalized spacial score (nSPS) is 10.0. The fraction of sp³-hybridized carbons (Fsp3) is 0.750. The highest BCUT2D eigenvalue weighted by Crippen LogP contribution is 1.97. The van der Waals surface area contributed by atoms with Crippen LogP contribution in [0.5, 0.6) is 0 Å². The molecule has 0 saturated heterocycles. The van der Waals surface area contributed by atoms with Crippen LogP contribution in [0.4, 0.5) is 0 Å². The van der Waals surface area contributed by atoms with Crippen molar-refractivity contribution in [2.75, 3.05) is 6.54 Å². The third-order valence-corrected chi connectivity index (χ3v) is 1.09. The fourth-order valence-electron chi connectivity index (χ4n) is 0.671. The largest absolute Gasteiger partial charge is 0.356 e. The average molecular weight is 142 g/mol. The lowest BCUT2D eigenvalue weighted by molar-refractivity contribution is -0.121. The van der Waals surface area contributed by atoms with E-state index >= 15 is 0 Å². The molecular weight excluding hydrogens is 126 g/mol. The molecule has 0 aromatic carbocycles. The van der Waals surface area contributed by atoms with E-state index < -0.39 is 0 Å². The molecule has 0 saturated carbocycles. The number of amides is 1. The molecule has 59 valence electrons. The van der Waals surface area contributed by atoms with Crippen molar-refractivity contribution in [3.8, 4) is 0 Å². The topological polar surface area (TPSA) is 29.1 Å². The first-order valence-corrected chi connectivity index (χ1v) is 3.72. The van der Waals surface area contributed by atoms with Gasteiger partial charge in [-0.1, -0.05) is 20.8 Å². The van der Waals surface area contributed by atoms with Gasteiger partial charge in [-0.2, -0.15) is 0 Å². The molecule has 0 atom stereocenters. The Morgan fingerprint density at radius 2 is 2.20 bits per heavy atom. The maximum Gasteiger partial charge on any atom is 0.220 e. The summed E-state index contributed by atoms with van der Waals surface area (Å²) in [6.07, 6.45) is 1.39. The molecule has 0 bridgehead atoms. The Morgan fingerprint density at radius 1 is 1.60 bits per heavy atom. The van der Waals surface area contributed by atoms with Gasteiger partial charge in [0.2, 0.25) is 5.91 Å². The summed E-state index contributed by atoms with van der Waals surface area (Å²) in [5.41, 5.74) is 0. The predicted octanol–water partition coefficient (Wildman–Crippen LogP) is 1.37. The molecule has 0 rings (SSSR count). The lowest BCUT2D eigenvalue weighted by Crippen LogP contribution is -2.24. The van der Waals surface area contributed by atoms with Crippen molar-refractivity contribution in [3.63, 3.8) is 0 Å². The van der Waals surface area contributed by atoms with Crippen LogP contribution in [0.15, 0.2) is 0 Å². The predicted molar refractivity (Wildman–Crippen MR) is 42.4 cm³/mol. The minimum Gasteiger partial charge on any atom is -0.356 e. The van der Waals surface area contributed by atoms with Crippen molar-refractivity contribution >= 4 is 5.91 Å². The van der Waals surface area contributed by atoms with E-state index in [1.165, 1.54) is 0 Å². The van der Waals surface area contributed by atoms with Crippen molar-refractivity contribution < 1.29 is 4.79 Å². The van der Waals surface area contributed by atoms with Gasteiger partial charge >= 0.3 is 0 Å². The Morgan fingerprint density at radius 3 is 2.60 bits per heavy atom. The molecule has 1 amide bonds. The van der Waals surface area contributed by atoms with Crippen molar-refractivity contribution in [2.45, 2.75) is 26.7 Å². The summed E-state index contributed by atoms with van der Waals surface area (Å²) in [7, 11) is 0. The van der Waals surface area contributed by atoms with Crippen LogP contribution in [-0.2, 0) is 4.79 Å². The third kappa shape index (κ3) is 5.60. The van der Waals surface area contributed by atoms with E-state index in [2.05, 4.69) is 12.2 Å². The summed E-state index contributed by atoms with van der Waals surface area (Å²) >= 11 is 0. The van der Waals surface area contributed by atoms with E-state index in [1.54, 1.807) is 0 Å². The van der Waals surface area contributed by atoms with E-state index in [0.29, 0.717) is 18.9 Å². The standard InChI is InChI=1S/C8H16NO/c1-4-5-9-8(10)6-7(2)3/h7H,1,4-6H2,2-3H3,(H,9,10). The minimum absolute atomic E-state index is 0.138. The summed E-state index contributed by atoms with van der Waals surface area (Å²) < 4.78 is 0. The summed E-state index contributed by atoms with van der Waals surface area (Å²) in [4.78, 5) is 10.9. The SMILES string of the molecule is [CH2]CCNC(=O)CC(C)C. The van der Waals surface area contributed by atoms with Gasteiger partial charge in [-0.3, -0.25) is 4.79 Å². The summed E-state index contributed by atoms with van der Waals surface area (Å²) in [5, 5.41) is 2.76. The summed E-state index contributed by atoms with van der Waals surface area (Å²) in [6.45, 7) is 8.39. The molecule has 10 heavy (non-hydrogen) atoms. The lowest BCUT2D eigenvalue weighted by Gasteiger charge is -2.04. The van der Waals surface area contributed by atoms with Crippen LogP contribution in [0.2, 0.25) is 0 Å². The maximum absolute atomic E-state index is 10.9. The van der Waals surface area contributed by atoms with Gasteiger partial charge < -0.3 is 5.32 Å². The minimum atomic E-state index is 0.138. The highest BCUT2D eigenvalue weighted by molar-refractivity contribution is 5.75. The Labute approximate surface area is 63.0 Å². The zero-order chi connectivity index (χ0) is 7.98. The van der Waals surface area contributed by atoms with Gasteiger partial charge in [0.25, 0.3) is 0 Å². The molecule has 0 aliphatic heterocycles. The van der Waals surface area contributed by atoms with Crippen LogP contribution < -0.4 is 5.32 Å². The molecule has 1 N–H and O–H groups in total. The van der Waals surface area contributed by atoms with Crippen molar-refractivity contribution in [3.05, 3.63) is 6.92 Å². The molecule has 0 spiro atoms. The Balaban J connectivity index is 3.26. The fourth-order valence-corrected chi connectivity index (χ4v) is 0.671. The molecule has 1 radical (unpaired) electrons. The first-order chi connectivity index (χ1) is 4.66. The molecule has 0 aromatic rings. The van der Waals surface area contributed by atoms with Crippen LogP contribution in [0.3, 0.4) is 0 Å². The number of hydrogen-bond donors (Lipinski definition) is 1. The summed E-state index contributed by atoms with van der Waals surface area (Å²) in [5.74, 6) is 0.587. The van der Waals surface area contributed by atoms with E-state index in [0.717, 1.165) is 6.42 Å². The van der Waals surface area contributed by atoms with Crippen LogP contribution >= 0.6 is 0 Å². The van der Waals surface area contributed by atoms with Gasteiger partial charge in [0.05, 0.1) is 0 Å². The molecule has 0 fully saturated rings. The van der Waals surface area contributed by atoms with Crippen LogP contribution in [-0.4, -0.2) is 12.5 Å². The van der Waals surface area contributed by atoms with Gasteiger partial charge in [-0.15, -0.1) is 0 Å². The van der Waals surface area contributed by atoms with Crippen LogP contribution in [0, 0.1) is 12.8 Å². The molecule has 2 nitrogen and oxygen atoms in total. The van der Waals surface area contributed by atoms with Gasteiger partial charge in [-0.05, 0) is 12.3 Å². The molecule has 0 aromatic heterocycles. The van der Waals surface area contributed by atoms with Gasteiger partial charge in [0, 0.05) is 13.0 Å². The first kappa shape index (κ1) is 9.47. The monoisotopic (exact) mass is 142 g/mol. The molecule has 0 heterocycles. The maximum atomic E-state index is 10.9. The second-order valence-corrected chi connectivity index (χ2v) is 2.80. The number of rotatable bonds is 4. The Bertz CT molecular complexity index is 99.4. The quantitative estimate of drug-likeness (QED) is 0.631. The first-order valence-electron chi connectivity index (χ1n) is 3.72. The average Bonchev–Trinajstić information content (AvgIpc) is 1.82. The highest BCUT2D eigenvalue weighted by Gasteiger charge is 2.01.